The number of ether oxygens (including phenoxy) is 1. The van der Waals surface area contributed by atoms with Crippen molar-refractivity contribution >= 4 is 17.0 Å². The summed E-state index contributed by atoms with van der Waals surface area (Å²) in [7, 11) is 0. The zero-order valence-corrected chi connectivity index (χ0v) is 14.5. The molecule has 142 valence electrons. The van der Waals surface area contributed by atoms with Gasteiger partial charge in [-0.3, -0.25) is 4.57 Å². The molecule has 10 nitrogen and oxygen atoms in total. The number of anilines is 1. The van der Waals surface area contributed by atoms with Crippen LogP contribution in [0.2, 0.25) is 0 Å². The largest absolute Gasteiger partial charge is 0.394 e. The van der Waals surface area contributed by atoms with Crippen molar-refractivity contribution in [3.05, 3.63) is 12.2 Å². The lowest BCUT2D eigenvalue weighted by atomic mass is 10.1. The van der Waals surface area contributed by atoms with E-state index >= 15 is 0 Å². The molecule has 0 bridgehead atoms. The van der Waals surface area contributed by atoms with Gasteiger partial charge in [-0.25, -0.2) is 15.0 Å². The Hall–Kier alpha value is -2.76. The van der Waals surface area contributed by atoms with E-state index in [4.69, 9.17) is 15.7 Å². The molecule has 0 saturated carbocycles. The van der Waals surface area contributed by atoms with Crippen molar-refractivity contribution in [1.82, 2.24) is 19.5 Å². The van der Waals surface area contributed by atoms with Crippen molar-refractivity contribution in [1.29, 1.82) is 5.26 Å². The summed E-state index contributed by atoms with van der Waals surface area (Å²) in [6, 6.07) is 2.08. The second-order valence-corrected chi connectivity index (χ2v) is 6.15. The van der Waals surface area contributed by atoms with Gasteiger partial charge in [0.2, 0.25) is 5.82 Å². The van der Waals surface area contributed by atoms with Gasteiger partial charge in [-0.15, -0.1) is 0 Å². The molecule has 1 fully saturated rings. The van der Waals surface area contributed by atoms with Crippen LogP contribution in [0.1, 0.15) is 37.7 Å². The molecule has 0 spiro atoms. The van der Waals surface area contributed by atoms with Gasteiger partial charge in [-0.1, -0.05) is 5.92 Å². The maximum atomic E-state index is 10.2. The molecule has 10 heteroatoms. The number of aliphatic hydroxyl groups excluding tert-OH is 3. The van der Waals surface area contributed by atoms with Crippen molar-refractivity contribution in [3.8, 4) is 17.9 Å². The number of nitrogens with two attached hydrogens (primary N) is 1. The molecule has 2 aromatic heterocycles. The lowest BCUT2D eigenvalue weighted by molar-refractivity contribution is -0.0511. The number of aromatic nitrogens is 4. The third-order valence-electron chi connectivity index (χ3n) is 4.28. The predicted molar refractivity (Wildman–Crippen MR) is 93.7 cm³/mol. The molecule has 0 aromatic carbocycles. The van der Waals surface area contributed by atoms with Gasteiger partial charge in [0.25, 0.3) is 0 Å². The number of imidazole rings is 1. The Morgan fingerprint density at radius 1 is 1.22 bits per heavy atom. The molecule has 3 heterocycles. The van der Waals surface area contributed by atoms with Crippen LogP contribution in [0.4, 0.5) is 5.82 Å². The van der Waals surface area contributed by atoms with Gasteiger partial charge in [0.05, 0.1) is 19.0 Å². The summed E-state index contributed by atoms with van der Waals surface area (Å²) in [5.74, 6) is 6.12. The normalized spacial score (nSPS) is 24.5. The maximum absolute atomic E-state index is 10.2. The number of unbranched alkanes of at least 4 members (excludes halogenated alkanes) is 3. The first kappa shape index (κ1) is 19.0. The van der Waals surface area contributed by atoms with Gasteiger partial charge in [0.15, 0.2) is 17.7 Å². The number of fused-ring (bicyclic) bond motifs is 1. The average molecular weight is 372 g/mol. The Bertz CT molecular complexity index is 912. The Labute approximate surface area is 155 Å². The first-order valence-corrected chi connectivity index (χ1v) is 8.55. The lowest BCUT2D eigenvalue weighted by Gasteiger charge is -2.16. The van der Waals surface area contributed by atoms with Gasteiger partial charge >= 0.3 is 0 Å². The van der Waals surface area contributed by atoms with E-state index in [9.17, 15) is 15.3 Å². The van der Waals surface area contributed by atoms with E-state index in [2.05, 4.69) is 32.9 Å². The number of rotatable bonds is 5. The fourth-order valence-corrected chi connectivity index (χ4v) is 2.85. The predicted octanol–water partition coefficient (Wildman–Crippen LogP) is -0.545. The van der Waals surface area contributed by atoms with E-state index in [0.29, 0.717) is 24.0 Å². The number of nitrogen functional groups attached to an aromatic ring is 1. The fraction of sp³-hybridized carbons (Fsp3) is 0.529. The van der Waals surface area contributed by atoms with Crippen LogP contribution >= 0.6 is 0 Å². The number of aliphatic hydroxyl groups is 3. The number of hydrogen-bond acceptors (Lipinski definition) is 9. The van der Waals surface area contributed by atoms with Gasteiger partial charge in [-0.05, 0) is 18.8 Å². The molecular formula is C17H20N6O4. The first-order valence-electron chi connectivity index (χ1n) is 8.55. The summed E-state index contributed by atoms with van der Waals surface area (Å²) in [4.78, 5) is 12.6. The summed E-state index contributed by atoms with van der Waals surface area (Å²) in [5, 5.41) is 37.9. The molecule has 1 aliphatic heterocycles. The second kappa shape index (κ2) is 8.29. The maximum Gasteiger partial charge on any atom is 0.208 e. The van der Waals surface area contributed by atoms with Gasteiger partial charge in [0.1, 0.15) is 23.8 Å². The smallest absolute Gasteiger partial charge is 0.208 e. The summed E-state index contributed by atoms with van der Waals surface area (Å²) in [5.41, 5.74) is 6.57. The van der Waals surface area contributed by atoms with Crippen molar-refractivity contribution in [2.24, 2.45) is 0 Å². The van der Waals surface area contributed by atoms with E-state index in [1.54, 1.807) is 0 Å². The van der Waals surface area contributed by atoms with E-state index in [0.717, 1.165) is 12.8 Å². The zero-order chi connectivity index (χ0) is 19.4. The highest BCUT2D eigenvalue weighted by atomic mass is 16.6. The minimum Gasteiger partial charge on any atom is -0.394 e. The molecule has 0 radical (unpaired) electrons. The Kier molecular flexibility index (Phi) is 5.84. The monoisotopic (exact) mass is 372 g/mol. The fourth-order valence-electron chi connectivity index (χ4n) is 2.85. The highest BCUT2D eigenvalue weighted by Gasteiger charge is 2.44. The van der Waals surface area contributed by atoms with Crippen LogP contribution < -0.4 is 5.73 Å². The number of nitrogens with zero attached hydrogens (tertiary/aromatic N) is 5. The first-order chi connectivity index (χ1) is 13.1. The highest BCUT2D eigenvalue weighted by Crippen LogP contribution is 2.31. The molecule has 2 unspecified atom stereocenters. The van der Waals surface area contributed by atoms with Crippen LogP contribution in [0.15, 0.2) is 6.33 Å². The average Bonchev–Trinajstić information content (AvgIpc) is 3.20. The summed E-state index contributed by atoms with van der Waals surface area (Å²) < 4.78 is 6.95. The van der Waals surface area contributed by atoms with Crippen molar-refractivity contribution in [2.75, 3.05) is 12.3 Å². The van der Waals surface area contributed by atoms with Crippen LogP contribution in [0.3, 0.4) is 0 Å². The minimum atomic E-state index is -1.26. The molecule has 4 atom stereocenters. The highest BCUT2D eigenvalue weighted by molar-refractivity contribution is 5.82. The Balaban J connectivity index is 1.86. The third kappa shape index (κ3) is 3.84. The van der Waals surface area contributed by atoms with E-state index < -0.39 is 31.1 Å². The molecule has 27 heavy (non-hydrogen) atoms. The van der Waals surface area contributed by atoms with Crippen LogP contribution in [0, 0.1) is 23.2 Å². The molecule has 1 aliphatic rings. The SMILES string of the molecule is N#CCCCCC#Cc1nc(N)c2ncn([C@@H]3O[C@H](CO)C(O)C3O)c2n1. The zero-order valence-electron chi connectivity index (χ0n) is 14.5. The molecule has 2 aromatic rings. The van der Waals surface area contributed by atoms with E-state index in [-0.39, 0.29) is 11.6 Å². The standard InChI is InChI=1S/C17H20N6O4/c18-7-5-3-1-2-4-6-11-21-15(19)12-16(22-11)23(9-20-12)17-14(26)13(25)10(8-24)27-17/h9-10,13-14,17,24-26H,1-3,5,8H2,(H2,19,21,22)/t10-,13?,14?,17-/m1/s1. The van der Waals surface area contributed by atoms with Crippen LogP contribution in [-0.4, -0.2) is 59.8 Å². The van der Waals surface area contributed by atoms with Crippen molar-refractivity contribution in [3.63, 3.8) is 0 Å². The Morgan fingerprint density at radius 3 is 2.70 bits per heavy atom. The molecule has 1 saturated heterocycles. The molecule has 3 rings (SSSR count). The minimum absolute atomic E-state index is 0.138. The van der Waals surface area contributed by atoms with Crippen LogP contribution in [0.25, 0.3) is 11.2 Å². The van der Waals surface area contributed by atoms with Crippen LogP contribution in [0.5, 0.6) is 0 Å². The summed E-state index contributed by atoms with van der Waals surface area (Å²) in [6.45, 7) is -0.430. The van der Waals surface area contributed by atoms with Crippen molar-refractivity contribution < 1.29 is 20.1 Å². The molecular weight excluding hydrogens is 352 g/mol. The van der Waals surface area contributed by atoms with E-state index in [1.807, 2.05) is 0 Å². The number of nitriles is 1. The quantitative estimate of drug-likeness (QED) is 0.398. The second-order valence-electron chi connectivity index (χ2n) is 6.15. The molecule has 0 amide bonds. The molecule has 0 aliphatic carbocycles. The summed E-state index contributed by atoms with van der Waals surface area (Å²) in [6.07, 6.45) is -0.288. The Morgan fingerprint density at radius 2 is 2.00 bits per heavy atom. The summed E-state index contributed by atoms with van der Waals surface area (Å²) >= 11 is 0. The topological polar surface area (TPSA) is 163 Å². The van der Waals surface area contributed by atoms with Crippen molar-refractivity contribution in [2.45, 2.75) is 50.2 Å². The molecule has 5 N–H and O–H groups in total. The van der Waals surface area contributed by atoms with Gasteiger partial charge in [-0.2, -0.15) is 5.26 Å². The lowest BCUT2D eigenvalue weighted by Crippen LogP contribution is -2.33. The number of hydrogen-bond donors (Lipinski definition) is 4. The third-order valence-corrected chi connectivity index (χ3v) is 4.28. The van der Waals surface area contributed by atoms with Gasteiger partial charge in [0, 0.05) is 12.8 Å². The van der Waals surface area contributed by atoms with Gasteiger partial charge < -0.3 is 25.8 Å². The van der Waals surface area contributed by atoms with Crippen LogP contribution in [-0.2, 0) is 4.74 Å². The van der Waals surface area contributed by atoms with E-state index in [1.165, 1.54) is 10.9 Å².